The minimum Gasteiger partial charge on any atom is -0.399 e. The van der Waals surface area contributed by atoms with E-state index in [0.717, 1.165) is 22.5 Å². The number of anilines is 2. The standard InChI is InChI=1S/C11H18N2/c1-7-8(12)5-6-9(13)10(7)11(2,3)4/h5-6H,12-13H2,1-4H3. The Labute approximate surface area is 79.9 Å². The van der Waals surface area contributed by atoms with Crippen LogP contribution in [0.25, 0.3) is 0 Å². The van der Waals surface area contributed by atoms with Gasteiger partial charge in [-0.25, -0.2) is 0 Å². The van der Waals surface area contributed by atoms with Crippen LogP contribution in [0.3, 0.4) is 0 Å². The van der Waals surface area contributed by atoms with Crippen molar-refractivity contribution in [2.24, 2.45) is 0 Å². The van der Waals surface area contributed by atoms with Crippen LogP contribution in [0.5, 0.6) is 0 Å². The van der Waals surface area contributed by atoms with Gasteiger partial charge in [0.25, 0.3) is 0 Å². The molecule has 0 saturated carbocycles. The Bertz CT molecular complexity index is 322. The summed E-state index contributed by atoms with van der Waals surface area (Å²) >= 11 is 0. The van der Waals surface area contributed by atoms with Crippen LogP contribution in [0.15, 0.2) is 12.1 Å². The first kappa shape index (κ1) is 9.90. The zero-order valence-electron chi connectivity index (χ0n) is 8.81. The van der Waals surface area contributed by atoms with E-state index in [4.69, 9.17) is 11.5 Å². The first-order valence-corrected chi connectivity index (χ1v) is 4.49. The van der Waals surface area contributed by atoms with E-state index in [1.54, 1.807) is 0 Å². The Kier molecular flexibility index (Phi) is 2.24. The van der Waals surface area contributed by atoms with Crippen molar-refractivity contribution in [3.63, 3.8) is 0 Å². The summed E-state index contributed by atoms with van der Waals surface area (Å²) in [5, 5.41) is 0. The zero-order chi connectivity index (χ0) is 10.2. The summed E-state index contributed by atoms with van der Waals surface area (Å²) in [4.78, 5) is 0. The predicted molar refractivity (Wildman–Crippen MR) is 58.7 cm³/mol. The highest BCUT2D eigenvalue weighted by Gasteiger charge is 2.20. The minimum absolute atomic E-state index is 0.0591. The molecule has 2 heteroatoms. The molecule has 0 aromatic heterocycles. The second kappa shape index (κ2) is 2.95. The number of benzene rings is 1. The summed E-state index contributed by atoms with van der Waals surface area (Å²) in [7, 11) is 0. The molecule has 0 radical (unpaired) electrons. The van der Waals surface area contributed by atoms with Crippen LogP contribution >= 0.6 is 0 Å². The SMILES string of the molecule is Cc1c(N)ccc(N)c1C(C)(C)C. The molecule has 1 aromatic rings. The summed E-state index contributed by atoms with van der Waals surface area (Å²) < 4.78 is 0. The largest absolute Gasteiger partial charge is 0.399 e. The van der Waals surface area contributed by atoms with Gasteiger partial charge in [-0.2, -0.15) is 0 Å². The molecule has 0 aliphatic carbocycles. The Hall–Kier alpha value is -1.18. The van der Waals surface area contributed by atoms with E-state index >= 15 is 0 Å². The summed E-state index contributed by atoms with van der Waals surface area (Å²) in [5.74, 6) is 0. The van der Waals surface area contributed by atoms with Crippen LogP contribution in [-0.2, 0) is 5.41 Å². The highest BCUT2D eigenvalue weighted by atomic mass is 14.6. The molecule has 0 aliphatic rings. The molecule has 1 rings (SSSR count). The summed E-state index contributed by atoms with van der Waals surface area (Å²) in [5.41, 5.74) is 15.7. The lowest BCUT2D eigenvalue weighted by Crippen LogP contribution is -2.16. The molecular formula is C11H18N2. The molecule has 0 bridgehead atoms. The Morgan fingerprint density at radius 2 is 1.46 bits per heavy atom. The fourth-order valence-corrected chi connectivity index (χ4v) is 1.74. The van der Waals surface area contributed by atoms with Gasteiger partial charge in [-0.3, -0.25) is 0 Å². The van der Waals surface area contributed by atoms with Crippen molar-refractivity contribution in [2.45, 2.75) is 33.1 Å². The van der Waals surface area contributed by atoms with Crippen LogP contribution < -0.4 is 11.5 Å². The lowest BCUT2D eigenvalue weighted by Gasteiger charge is -2.24. The highest BCUT2D eigenvalue weighted by Crippen LogP contribution is 2.33. The second-order valence-corrected chi connectivity index (χ2v) is 4.49. The van der Waals surface area contributed by atoms with Crippen molar-refractivity contribution in [2.75, 3.05) is 11.5 Å². The first-order chi connectivity index (χ1) is 5.84. The highest BCUT2D eigenvalue weighted by molar-refractivity contribution is 5.63. The third-order valence-electron chi connectivity index (χ3n) is 2.29. The molecule has 1 aromatic carbocycles. The molecule has 0 spiro atoms. The van der Waals surface area contributed by atoms with Gasteiger partial charge in [-0.1, -0.05) is 20.8 Å². The van der Waals surface area contributed by atoms with Gasteiger partial charge < -0.3 is 11.5 Å². The van der Waals surface area contributed by atoms with Crippen molar-refractivity contribution < 1.29 is 0 Å². The van der Waals surface area contributed by atoms with E-state index in [1.807, 2.05) is 19.1 Å². The van der Waals surface area contributed by atoms with Crippen molar-refractivity contribution in [3.05, 3.63) is 23.3 Å². The molecule has 2 nitrogen and oxygen atoms in total. The minimum atomic E-state index is 0.0591. The molecule has 72 valence electrons. The van der Waals surface area contributed by atoms with Gasteiger partial charge in [0.05, 0.1) is 0 Å². The van der Waals surface area contributed by atoms with Gasteiger partial charge >= 0.3 is 0 Å². The topological polar surface area (TPSA) is 52.0 Å². The van der Waals surface area contributed by atoms with Gasteiger partial charge in [0, 0.05) is 11.4 Å². The molecule has 0 unspecified atom stereocenters. The third-order valence-corrected chi connectivity index (χ3v) is 2.29. The summed E-state index contributed by atoms with van der Waals surface area (Å²) in [6.45, 7) is 8.45. The van der Waals surface area contributed by atoms with Gasteiger partial charge in [0.15, 0.2) is 0 Å². The van der Waals surface area contributed by atoms with E-state index in [-0.39, 0.29) is 5.41 Å². The lowest BCUT2D eigenvalue weighted by molar-refractivity contribution is 0.589. The van der Waals surface area contributed by atoms with E-state index in [1.165, 1.54) is 0 Å². The fraction of sp³-hybridized carbons (Fsp3) is 0.455. The molecule has 0 saturated heterocycles. The Morgan fingerprint density at radius 3 is 1.85 bits per heavy atom. The quantitative estimate of drug-likeness (QED) is 0.599. The number of nitrogens with two attached hydrogens (primary N) is 2. The van der Waals surface area contributed by atoms with Gasteiger partial charge in [-0.15, -0.1) is 0 Å². The van der Waals surface area contributed by atoms with Crippen molar-refractivity contribution in [1.82, 2.24) is 0 Å². The number of hydrogen-bond donors (Lipinski definition) is 2. The predicted octanol–water partition coefficient (Wildman–Crippen LogP) is 2.46. The van der Waals surface area contributed by atoms with Crippen LogP contribution in [0.4, 0.5) is 11.4 Å². The van der Waals surface area contributed by atoms with E-state index in [0.29, 0.717) is 0 Å². The van der Waals surface area contributed by atoms with Gasteiger partial charge in [-0.05, 0) is 35.6 Å². The molecule has 4 N–H and O–H groups in total. The van der Waals surface area contributed by atoms with Crippen molar-refractivity contribution >= 4 is 11.4 Å². The summed E-state index contributed by atoms with van der Waals surface area (Å²) in [6.07, 6.45) is 0. The zero-order valence-corrected chi connectivity index (χ0v) is 8.81. The molecule has 0 heterocycles. The van der Waals surface area contributed by atoms with Gasteiger partial charge in [0.1, 0.15) is 0 Å². The molecule has 0 atom stereocenters. The van der Waals surface area contributed by atoms with E-state index < -0.39 is 0 Å². The molecule has 0 aliphatic heterocycles. The molecule has 13 heavy (non-hydrogen) atoms. The monoisotopic (exact) mass is 178 g/mol. The average Bonchev–Trinajstić information content (AvgIpc) is 1.95. The maximum absolute atomic E-state index is 5.92. The maximum Gasteiger partial charge on any atom is 0.0356 e. The average molecular weight is 178 g/mol. The molecule has 0 fully saturated rings. The van der Waals surface area contributed by atoms with E-state index in [2.05, 4.69) is 20.8 Å². The lowest BCUT2D eigenvalue weighted by atomic mass is 9.82. The van der Waals surface area contributed by atoms with E-state index in [9.17, 15) is 0 Å². The number of nitrogen functional groups attached to an aromatic ring is 2. The molecular weight excluding hydrogens is 160 g/mol. The second-order valence-electron chi connectivity index (χ2n) is 4.49. The van der Waals surface area contributed by atoms with Crippen LogP contribution in [0.2, 0.25) is 0 Å². The Morgan fingerprint density at radius 1 is 1.00 bits per heavy atom. The third kappa shape index (κ3) is 1.77. The number of hydrogen-bond acceptors (Lipinski definition) is 2. The number of rotatable bonds is 0. The van der Waals surface area contributed by atoms with Crippen LogP contribution in [0.1, 0.15) is 31.9 Å². The smallest absolute Gasteiger partial charge is 0.0356 e. The van der Waals surface area contributed by atoms with Crippen LogP contribution in [0, 0.1) is 6.92 Å². The Balaban J connectivity index is 3.43. The summed E-state index contributed by atoms with van der Waals surface area (Å²) in [6, 6.07) is 3.74. The van der Waals surface area contributed by atoms with Gasteiger partial charge in [0.2, 0.25) is 0 Å². The fourth-order valence-electron chi connectivity index (χ4n) is 1.74. The molecule has 0 amide bonds. The van der Waals surface area contributed by atoms with Crippen LogP contribution in [-0.4, -0.2) is 0 Å². The first-order valence-electron chi connectivity index (χ1n) is 4.49. The maximum atomic E-state index is 5.92. The van der Waals surface area contributed by atoms with Crippen molar-refractivity contribution in [1.29, 1.82) is 0 Å². The van der Waals surface area contributed by atoms with Crippen molar-refractivity contribution in [3.8, 4) is 0 Å². The normalized spacial score (nSPS) is 11.7.